The Morgan fingerprint density at radius 1 is 1.05 bits per heavy atom. The van der Waals surface area contributed by atoms with Crippen molar-refractivity contribution in [2.24, 2.45) is 5.16 Å². The highest BCUT2D eigenvalue weighted by Gasteiger charge is 1.97. The van der Waals surface area contributed by atoms with E-state index in [0.29, 0.717) is 5.71 Å². The summed E-state index contributed by atoms with van der Waals surface area (Å²) < 4.78 is 5.74. The van der Waals surface area contributed by atoms with Crippen molar-refractivity contribution < 1.29 is 9.94 Å². The first-order valence-electron chi connectivity index (χ1n) is 5.97. The Kier molecular flexibility index (Phi) is 4.34. The van der Waals surface area contributed by atoms with Gasteiger partial charge in [0.05, 0.1) is 5.71 Å². The summed E-state index contributed by atoms with van der Waals surface area (Å²) in [5, 5.41) is 11.7. The number of hydrogen-bond donors (Lipinski definition) is 1. The van der Waals surface area contributed by atoms with Crippen molar-refractivity contribution >= 4 is 11.8 Å². The average Bonchev–Trinajstić information content (AvgIpc) is 2.46. The molecule has 2 aromatic rings. The fraction of sp³-hybridized carbons (Fsp3) is 0.0625. The van der Waals surface area contributed by atoms with Crippen LogP contribution in [0.4, 0.5) is 0 Å². The molecular weight excluding hydrogens is 238 g/mol. The molecule has 0 aromatic heterocycles. The third-order valence-electron chi connectivity index (χ3n) is 2.51. The predicted octanol–water partition coefficient (Wildman–Crippen LogP) is 4.34. The van der Waals surface area contributed by atoms with Crippen molar-refractivity contribution in [1.82, 2.24) is 0 Å². The van der Waals surface area contributed by atoms with Crippen molar-refractivity contribution in [3.8, 4) is 11.5 Å². The molecule has 2 rings (SSSR count). The van der Waals surface area contributed by atoms with Crippen LogP contribution >= 0.6 is 0 Å². The van der Waals surface area contributed by atoms with E-state index in [1.807, 2.05) is 60.7 Å². The zero-order valence-electron chi connectivity index (χ0n) is 10.7. The van der Waals surface area contributed by atoms with E-state index >= 15 is 0 Å². The highest BCUT2D eigenvalue weighted by molar-refractivity contribution is 5.95. The van der Waals surface area contributed by atoms with Crippen LogP contribution in [0.1, 0.15) is 12.5 Å². The summed E-state index contributed by atoms with van der Waals surface area (Å²) >= 11 is 0. The van der Waals surface area contributed by atoms with Gasteiger partial charge in [0.15, 0.2) is 0 Å². The van der Waals surface area contributed by atoms with E-state index in [4.69, 9.17) is 9.94 Å². The maximum atomic E-state index is 8.57. The van der Waals surface area contributed by atoms with Crippen LogP contribution in [0.5, 0.6) is 11.5 Å². The topological polar surface area (TPSA) is 41.8 Å². The summed E-state index contributed by atoms with van der Waals surface area (Å²) in [5.41, 5.74) is 1.53. The molecule has 0 aliphatic heterocycles. The quantitative estimate of drug-likeness (QED) is 0.500. The van der Waals surface area contributed by atoms with E-state index in [1.54, 1.807) is 13.0 Å². The Morgan fingerprint density at radius 2 is 1.79 bits per heavy atom. The largest absolute Gasteiger partial charge is 0.457 e. The summed E-state index contributed by atoms with van der Waals surface area (Å²) in [4.78, 5) is 0. The van der Waals surface area contributed by atoms with Gasteiger partial charge < -0.3 is 9.94 Å². The molecule has 0 saturated heterocycles. The van der Waals surface area contributed by atoms with Crippen molar-refractivity contribution in [2.75, 3.05) is 0 Å². The number of nitrogens with zero attached hydrogens (tertiary/aromatic N) is 1. The van der Waals surface area contributed by atoms with Crippen molar-refractivity contribution in [1.29, 1.82) is 0 Å². The number of oxime groups is 1. The second-order valence-electron chi connectivity index (χ2n) is 4.06. The van der Waals surface area contributed by atoms with E-state index in [1.165, 1.54) is 0 Å². The number of para-hydroxylation sites is 1. The molecule has 0 bridgehead atoms. The van der Waals surface area contributed by atoms with Crippen LogP contribution in [0.25, 0.3) is 6.08 Å². The molecule has 0 saturated carbocycles. The van der Waals surface area contributed by atoms with E-state index in [9.17, 15) is 0 Å². The van der Waals surface area contributed by atoms with Gasteiger partial charge in [-0.05, 0) is 42.8 Å². The van der Waals surface area contributed by atoms with Crippen LogP contribution in [-0.4, -0.2) is 10.9 Å². The standard InChI is InChI=1S/C16H15NO2/c1-13(17-18)10-11-14-6-5-9-16(12-14)19-15-7-3-2-4-8-15/h2-12,18H,1H3/b11-10+,17-13?. The fourth-order valence-corrected chi connectivity index (χ4v) is 1.56. The third-order valence-corrected chi connectivity index (χ3v) is 2.51. The van der Waals surface area contributed by atoms with E-state index < -0.39 is 0 Å². The number of allylic oxidation sites excluding steroid dienone is 1. The van der Waals surface area contributed by atoms with Crippen LogP contribution < -0.4 is 4.74 Å². The first-order valence-corrected chi connectivity index (χ1v) is 5.97. The molecule has 19 heavy (non-hydrogen) atoms. The highest BCUT2D eigenvalue weighted by atomic mass is 16.5. The summed E-state index contributed by atoms with van der Waals surface area (Å²) in [6.07, 6.45) is 3.61. The van der Waals surface area contributed by atoms with Gasteiger partial charge in [-0.25, -0.2) is 0 Å². The van der Waals surface area contributed by atoms with Gasteiger partial charge in [0.25, 0.3) is 0 Å². The zero-order chi connectivity index (χ0) is 13.5. The molecule has 0 heterocycles. The Hall–Kier alpha value is -2.55. The highest BCUT2D eigenvalue weighted by Crippen LogP contribution is 2.22. The molecule has 2 aromatic carbocycles. The molecule has 0 spiro atoms. The molecule has 0 aliphatic rings. The molecule has 1 N–H and O–H groups in total. The first-order chi connectivity index (χ1) is 9.28. The number of hydrogen-bond acceptors (Lipinski definition) is 3. The number of ether oxygens (including phenoxy) is 1. The SMILES string of the molecule is CC(/C=C/c1cccc(Oc2ccccc2)c1)=NO. The number of benzene rings is 2. The lowest BCUT2D eigenvalue weighted by Crippen LogP contribution is -1.85. The fourth-order valence-electron chi connectivity index (χ4n) is 1.56. The molecule has 0 radical (unpaired) electrons. The molecule has 0 atom stereocenters. The monoisotopic (exact) mass is 253 g/mol. The van der Waals surface area contributed by atoms with E-state index in [2.05, 4.69) is 5.16 Å². The first kappa shape index (κ1) is 12.9. The average molecular weight is 253 g/mol. The van der Waals surface area contributed by atoms with Crippen LogP contribution in [0.3, 0.4) is 0 Å². The second kappa shape index (κ2) is 6.40. The van der Waals surface area contributed by atoms with Gasteiger partial charge in [-0.15, -0.1) is 0 Å². The zero-order valence-corrected chi connectivity index (χ0v) is 10.7. The summed E-state index contributed by atoms with van der Waals surface area (Å²) in [6, 6.07) is 17.3. The molecule has 0 amide bonds. The Labute approximate surface area is 112 Å². The van der Waals surface area contributed by atoms with Gasteiger partial charge in [-0.2, -0.15) is 0 Å². The molecule has 0 fully saturated rings. The minimum Gasteiger partial charge on any atom is -0.457 e. The maximum absolute atomic E-state index is 8.57. The van der Waals surface area contributed by atoms with Crippen LogP contribution in [0.2, 0.25) is 0 Å². The Balaban J connectivity index is 2.14. The maximum Gasteiger partial charge on any atom is 0.128 e. The Morgan fingerprint density at radius 3 is 2.53 bits per heavy atom. The molecule has 0 aliphatic carbocycles. The van der Waals surface area contributed by atoms with Gasteiger partial charge >= 0.3 is 0 Å². The van der Waals surface area contributed by atoms with Crippen molar-refractivity contribution in [3.05, 3.63) is 66.2 Å². The molecule has 96 valence electrons. The normalized spacial score (nSPS) is 11.7. The second-order valence-corrected chi connectivity index (χ2v) is 4.06. The van der Waals surface area contributed by atoms with E-state index in [0.717, 1.165) is 17.1 Å². The third kappa shape index (κ3) is 4.00. The van der Waals surface area contributed by atoms with Crippen molar-refractivity contribution in [2.45, 2.75) is 6.92 Å². The summed E-state index contributed by atoms with van der Waals surface area (Å²) in [5.74, 6) is 1.57. The summed E-state index contributed by atoms with van der Waals surface area (Å²) in [6.45, 7) is 1.72. The van der Waals surface area contributed by atoms with Gasteiger partial charge in [0.2, 0.25) is 0 Å². The van der Waals surface area contributed by atoms with Gasteiger partial charge in [0, 0.05) is 0 Å². The molecule has 3 nitrogen and oxygen atoms in total. The lowest BCUT2D eigenvalue weighted by molar-refractivity contribution is 0.319. The number of rotatable bonds is 4. The Bertz CT molecular complexity index is 589. The smallest absolute Gasteiger partial charge is 0.128 e. The lowest BCUT2D eigenvalue weighted by Gasteiger charge is -2.05. The van der Waals surface area contributed by atoms with Gasteiger partial charge in [-0.3, -0.25) is 0 Å². The van der Waals surface area contributed by atoms with Gasteiger partial charge in [-0.1, -0.05) is 41.6 Å². The minimum atomic E-state index is 0.550. The van der Waals surface area contributed by atoms with E-state index in [-0.39, 0.29) is 0 Å². The molecule has 0 unspecified atom stereocenters. The summed E-state index contributed by atoms with van der Waals surface area (Å²) in [7, 11) is 0. The lowest BCUT2D eigenvalue weighted by atomic mass is 10.2. The minimum absolute atomic E-state index is 0.550. The molecule has 3 heteroatoms. The molecular formula is C16H15NO2. The van der Waals surface area contributed by atoms with Gasteiger partial charge in [0.1, 0.15) is 11.5 Å². The van der Waals surface area contributed by atoms with Crippen LogP contribution in [-0.2, 0) is 0 Å². The van der Waals surface area contributed by atoms with Crippen LogP contribution in [0.15, 0.2) is 65.8 Å². The predicted molar refractivity (Wildman–Crippen MR) is 76.9 cm³/mol. The van der Waals surface area contributed by atoms with Crippen LogP contribution in [0, 0.1) is 0 Å². The van der Waals surface area contributed by atoms with Crippen molar-refractivity contribution in [3.63, 3.8) is 0 Å².